The molecule has 0 atom stereocenters. The molecule has 0 rings (SSSR count). The van der Waals surface area contributed by atoms with Crippen molar-refractivity contribution in [1.29, 1.82) is 0 Å². The van der Waals surface area contributed by atoms with Gasteiger partial charge >= 0.3 is 69.4 Å². The molecule has 10 heavy (non-hydrogen) atoms. The van der Waals surface area contributed by atoms with Crippen molar-refractivity contribution >= 4 is 36.5 Å². The van der Waals surface area contributed by atoms with Gasteiger partial charge in [-0.2, -0.15) is 0 Å². The van der Waals surface area contributed by atoms with Crippen molar-refractivity contribution in [2.75, 3.05) is 0 Å². The van der Waals surface area contributed by atoms with Crippen molar-refractivity contribution in [3.63, 3.8) is 0 Å². The molecule has 0 spiro atoms. The first-order valence-corrected chi connectivity index (χ1v) is 5.64. The summed E-state index contributed by atoms with van der Waals surface area (Å²) in [5, 5.41) is 0. The van der Waals surface area contributed by atoms with Crippen LogP contribution in [0, 0.1) is 0 Å². The molecular weight excluding hydrogens is 395 g/mol. The SMILES string of the molecule is O=[Si](O)O.[OH][Ti]([OH])([OH])[OH].[PbH2]. The van der Waals surface area contributed by atoms with Gasteiger partial charge in [0.05, 0.1) is 0 Å². The Bertz CT molecular complexity index is 76.1. The molecule has 7 nitrogen and oxygen atoms in total. The van der Waals surface area contributed by atoms with E-state index >= 15 is 0 Å². The topological polar surface area (TPSA) is 138 Å². The van der Waals surface area contributed by atoms with Gasteiger partial charge in [-0.3, -0.25) is 4.46 Å². The molecule has 0 saturated heterocycles. The Morgan fingerprint density at radius 3 is 1.00 bits per heavy atom. The molecule has 6 N–H and O–H groups in total. The molecule has 0 aromatic carbocycles. The average Bonchev–Trinajstić information content (AvgIpc) is 1.19. The van der Waals surface area contributed by atoms with Gasteiger partial charge in [0.15, 0.2) is 0 Å². The third-order valence-electron chi connectivity index (χ3n) is 0. The quantitative estimate of drug-likeness (QED) is 0.223. The van der Waals surface area contributed by atoms with Gasteiger partial charge in [0.2, 0.25) is 0 Å². The van der Waals surface area contributed by atoms with Crippen LogP contribution in [-0.4, -0.2) is 60.8 Å². The minimum atomic E-state index is -5.00. The summed E-state index contributed by atoms with van der Waals surface area (Å²) in [6.45, 7) is 0. The molecule has 0 aromatic heterocycles. The second-order valence-corrected chi connectivity index (χ2v) is 3.32. The molecule has 0 amide bonds. The van der Waals surface area contributed by atoms with Gasteiger partial charge < -0.3 is 9.59 Å². The first kappa shape index (κ1) is 17.3. The summed E-state index contributed by atoms with van der Waals surface area (Å²) in [5.41, 5.74) is 0. The molecule has 0 aromatic rings. The van der Waals surface area contributed by atoms with Crippen LogP contribution >= 0.6 is 0 Å². The second kappa shape index (κ2) is 8.19. The Kier molecular flexibility index (Phi) is 14.1. The van der Waals surface area contributed by atoms with E-state index in [2.05, 4.69) is 0 Å². The van der Waals surface area contributed by atoms with E-state index in [1.165, 1.54) is 0 Å². The molecule has 2 radical (unpaired) electrons. The summed E-state index contributed by atoms with van der Waals surface area (Å²) in [5.74, 6) is 0. The standard InChI is InChI=1S/H2O3Si.4H2O.Pb.Ti.2H/c1-4(2)3;;;;;;;;/h1-2H;4*1H2;;;;/q;;;;;;+4;;/p-4. The number of rotatable bonds is 0. The van der Waals surface area contributed by atoms with Crippen molar-refractivity contribution in [2.24, 2.45) is 0 Å². The van der Waals surface area contributed by atoms with E-state index in [0.29, 0.717) is 0 Å². The molecule has 0 unspecified atom stereocenters. The Morgan fingerprint density at radius 1 is 1.00 bits per heavy atom. The van der Waals surface area contributed by atoms with Gasteiger partial charge in [-0.25, -0.2) is 0 Å². The van der Waals surface area contributed by atoms with E-state index in [9.17, 15) is 0 Å². The van der Waals surface area contributed by atoms with Crippen molar-refractivity contribution in [3.8, 4) is 0 Å². The summed E-state index contributed by atoms with van der Waals surface area (Å²) in [6, 6.07) is 0. The number of hydrogen-bond donors (Lipinski definition) is 6. The molecular formula is H8O7PbSiTi. The zero-order chi connectivity index (χ0) is 8.08. The Morgan fingerprint density at radius 2 is 1.00 bits per heavy atom. The predicted octanol–water partition coefficient (Wildman–Crippen LogP) is -4.76. The van der Waals surface area contributed by atoms with Crippen LogP contribution in [0.25, 0.3) is 0 Å². The van der Waals surface area contributed by atoms with Crippen LogP contribution in [0.15, 0.2) is 0 Å². The minimum absolute atomic E-state index is 0. The van der Waals surface area contributed by atoms with Crippen molar-refractivity contribution < 1.29 is 46.9 Å². The van der Waals surface area contributed by atoms with Crippen LogP contribution in [0.5, 0.6) is 0 Å². The van der Waals surface area contributed by atoms with E-state index in [-0.39, 0.29) is 27.3 Å². The number of hydrogen-bond acceptors (Lipinski definition) is 5. The van der Waals surface area contributed by atoms with E-state index in [4.69, 9.17) is 28.8 Å². The summed E-state index contributed by atoms with van der Waals surface area (Å²) in [4.78, 5) is 14.3. The maximum absolute atomic E-state index is 8.74. The molecule has 10 heteroatoms. The maximum atomic E-state index is 8.74. The molecule has 0 aliphatic carbocycles. The fourth-order valence-electron chi connectivity index (χ4n) is 0. The van der Waals surface area contributed by atoms with Crippen LogP contribution in [0.3, 0.4) is 0 Å². The Balaban J connectivity index is -0.0000000910. The zero-order valence-electron chi connectivity index (χ0n) is 4.80. The van der Waals surface area contributed by atoms with Crippen LogP contribution in [0.1, 0.15) is 0 Å². The van der Waals surface area contributed by atoms with Crippen LogP contribution in [0.2, 0.25) is 0 Å². The first-order valence-electron chi connectivity index (χ1n) is 1.55. The van der Waals surface area contributed by atoms with Gasteiger partial charge in [0, 0.05) is 0 Å². The van der Waals surface area contributed by atoms with E-state index in [0.717, 1.165) is 0 Å². The van der Waals surface area contributed by atoms with Gasteiger partial charge in [-0.05, 0) is 0 Å². The van der Waals surface area contributed by atoms with Gasteiger partial charge in [-0.1, -0.05) is 0 Å². The van der Waals surface area contributed by atoms with Crippen LogP contribution in [-0.2, 0) is 22.6 Å². The predicted molar refractivity (Wildman–Crippen MR) is 28.3 cm³/mol. The summed E-state index contributed by atoms with van der Waals surface area (Å²) in [6.07, 6.45) is 0. The van der Waals surface area contributed by atoms with E-state index in [1.54, 1.807) is 0 Å². The van der Waals surface area contributed by atoms with Crippen LogP contribution < -0.4 is 0 Å². The van der Waals surface area contributed by atoms with E-state index in [1.807, 2.05) is 0 Å². The van der Waals surface area contributed by atoms with Crippen LogP contribution in [0.4, 0.5) is 0 Å². The molecule has 0 saturated carbocycles. The molecule has 0 heterocycles. The second-order valence-electron chi connectivity index (χ2n) is 0.883. The monoisotopic (exact) mass is 404 g/mol. The molecule has 62 valence electrons. The third-order valence-corrected chi connectivity index (χ3v) is 0. The molecule has 0 aliphatic rings. The van der Waals surface area contributed by atoms with Gasteiger partial charge in [0.1, 0.15) is 0 Å². The van der Waals surface area contributed by atoms with Crippen molar-refractivity contribution in [1.82, 2.24) is 0 Å². The summed E-state index contributed by atoms with van der Waals surface area (Å²) in [7, 11) is -3.13. The van der Waals surface area contributed by atoms with E-state index < -0.39 is 27.3 Å². The van der Waals surface area contributed by atoms with Crippen molar-refractivity contribution in [3.05, 3.63) is 0 Å². The first-order chi connectivity index (χ1) is 3.73. The summed E-state index contributed by atoms with van der Waals surface area (Å²) >= 11 is -5.00. The Labute approximate surface area is 82.9 Å². The Hall–Kier alpha value is 1.09. The zero-order valence-corrected chi connectivity index (χ0v) is 12.9. The summed E-state index contributed by atoms with van der Waals surface area (Å²) < 4.78 is 38.2. The fraction of sp³-hybridized carbons (Fsp3) is 0. The van der Waals surface area contributed by atoms with Gasteiger partial charge in [-0.15, -0.1) is 0 Å². The fourth-order valence-corrected chi connectivity index (χ4v) is 0. The van der Waals surface area contributed by atoms with Crippen molar-refractivity contribution in [2.45, 2.75) is 0 Å². The molecule has 0 aliphatic heterocycles. The normalized spacial score (nSPS) is 8.40. The molecule has 0 bridgehead atoms. The molecule has 0 fully saturated rings. The third kappa shape index (κ3) is 498. The average molecular weight is 403 g/mol. The van der Waals surface area contributed by atoms with Gasteiger partial charge in [0.25, 0.3) is 0 Å².